The lowest BCUT2D eigenvalue weighted by atomic mass is 10.2. The van der Waals surface area contributed by atoms with E-state index < -0.39 is 10.0 Å². The molecular weight excluding hydrogens is 314 g/mol. The number of thiophene rings is 1. The van der Waals surface area contributed by atoms with Crippen molar-refractivity contribution in [2.45, 2.75) is 23.6 Å². The van der Waals surface area contributed by atoms with Gasteiger partial charge in [0.1, 0.15) is 4.21 Å². The summed E-state index contributed by atoms with van der Waals surface area (Å²) in [5.74, 6) is 0.0708. The second-order valence-corrected chi connectivity index (χ2v) is 8.26. The van der Waals surface area contributed by atoms with Crippen molar-refractivity contribution >= 4 is 32.7 Å². The first-order valence-corrected chi connectivity index (χ1v) is 9.38. The molecular formula is C12H17N3O2S3. The second kappa shape index (κ2) is 6.77. The molecule has 0 aliphatic carbocycles. The van der Waals surface area contributed by atoms with E-state index in [1.807, 2.05) is 24.7 Å². The maximum absolute atomic E-state index is 12.2. The molecule has 0 spiro atoms. The van der Waals surface area contributed by atoms with Crippen molar-refractivity contribution < 1.29 is 8.42 Å². The highest BCUT2D eigenvalue weighted by atomic mass is 32.2. The van der Waals surface area contributed by atoms with Crippen LogP contribution in [-0.2, 0) is 16.6 Å². The van der Waals surface area contributed by atoms with Crippen molar-refractivity contribution in [3.8, 4) is 0 Å². The zero-order valence-corrected chi connectivity index (χ0v) is 13.7. The topological polar surface area (TPSA) is 71.1 Å². The molecule has 2 heterocycles. The molecule has 2 rings (SSSR count). The van der Waals surface area contributed by atoms with Crippen molar-refractivity contribution in [3.05, 3.63) is 33.6 Å². The predicted octanol–water partition coefficient (Wildman–Crippen LogP) is 2.01. The van der Waals surface area contributed by atoms with Gasteiger partial charge in [0.05, 0.1) is 5.01 Å². The van der Waals surface area contributed by atoms with Crippen LogP contribution in [0.15, 0.2) is 27.2 Å². The quantitative estimate of drug-likeness (QED) is 0.814. The molecule has 1 atom stereocenters. The van der Waals surface area contributed by atoms with Crippen LogP contribution in [0, 0.1) is 0 Å². The lowest BCUT2D eigenvalue weighted by molar-refractivity contribution is 0.576. The van der Waals surface area contributed by atoms with Crippen molar-refractivity contribution in [3.63, 3.8) is 0 Å². The van der Waals surface area contributed by atoms with Crippen molar-refractivity contribution in [2.75, 3.05) is 13.6 Å². The summed E-state index contributed by atoms with van der Waals surface area (Å²) in [5, 5.41) is 7.69. The Morgan fingerprint density at radius 3 is 2.85 bits per heavy atom. The maximum Gasteiger partial charge on any atom is 0.250 e. The fourth-order valence-corrected chi connectivity index (χ4v) is 4.74. The molecule has 0 amide bonds. The third kappa shape index (κ3) is 3.86. The molecule has 0 radical (unpaired) electrons. The van der Waals surface area contributed by atoms with E-state index in [4.69, 9.17) is 0 Å². The zero-order valence-electron chi connectivity index (χ0n) is 11.3. The third-order valence-corrected chi connectivity index (χ3v) is 6.65. The Bertz CT molecular complexity index is 635. The second-order valence-electron chi connectivity index (χ2n) is 4.43. The summed E-state index contributed by atoms with van der Waals surface area (Å²) in [5.41, 5.74) is 0.978. The smallest absolute Gasteiger partial charge is 0.250 e. The highest BCUT2D eigenvalue weighted by Gasteiger charge is 2.18. The van der Waals surface area contributed by atoms with Gasteiger partial charge in [-0.15, -0.1) is 22.7 Å². The molecule has 2 aromatic heterocycles. The summed E-state index contributed by atoms with van der Waals surface area (Å²) >= 11 is 2.78. The number of rotatable bonds is 7. The SMILES string of the molecule is CNCc1csc(S(=O)(=O)NCC(C)c2nccs2)c1. The van der Waals surface area contributed by atoms with E-state index in [-0.39, 0.29) is 5.92 Å². The molecule has 5 nitrogen and oxygen atoms in total. The summed E-state index contributed by atoms with van der Waals surface area (Å²) in [6.45, 7) is 2.98. The Morgan fingerprint density at radius 1 is 1.40 bits per heavy atom. The van der Waals surface area contributed by atoms with Gasteiger partial charge in [0, 0.05) is 30.6 Å². The van der Waals surface area contributed by atoms with Gasteiger partial charge in [-0.05, 0) is 24.1 Å². The molecule has 0 aliphatic rings. The number of nitrogens with zero attached hydrogens (tertiary/aromatic N) is 1. The van der Waals surface area contributed by atoms with Crippen LogP contribution in [0.4, 0.5) is 0 Å². The minimum Gasteiger partial charge on any atom is -0.316 e. The van der Waals surface area contributed by atoms with Gasteiger partial charge in [-0.25, -0.2) is 18.1 Å². The fourth-order valence-electron chi connectivity index (χ4n) is 1.66. The van der Waals surface area contributed by atoms with Gasteiger partial charge in [-0.3, -0.25) is 0 Å². The minimum absolute atomic E-state index is 0.0708. The normalized spacial score (nSPS) is 13.5. The zero-order chi connectivity index (χ0) is 14.6. The van der Waals surface area contributed by atoms with Crippen LogP contribution in [-0.4, -0.2) is 27.0 Å². The lowest BCUT2D eigenvalue weighted by Gasteiger charge is -2.09. The van der Waals surface area contributed by atoms with Crippen molar-refractivity contribution in [1.82, 2.24) is 15.0 Å². The van der Waals surface area contributed by atoms with Crippen LogP contribution in [0.3, 0.4) is 0 Å². The van der Waals surface area contributed by atoms with Crippen LogP contribution in [0.1, 0.15) is 23.4 Å². The van der Waals surface area contributed by atoms with Gasteiger partial charge in [-0.2, -0.15) is 0 Å². The number of hydrogen-bond acceptors (Lipinski definition) is 6. The molecule has 0 saturated carbocycles. The summed E-state index contributed by atoms with van der Waals surface area (Å²) in [6, 6.07) is 1.71. The Labute approximate surface area is 127 Å². The molecule has 0 aromatic carbocycles. The molecule has 0 saturated heterocycles. The molecule has 0 fully saturated rings. The summed E-state index contributed by atoms with van der Waals surface area (Å²) in [7, 11) is -1.59. The average Bonchev–Trinajstić information content (AvgIpc) is 3.07. The van der Waals surface area contributed by atoms with Gasteiger partial charge in [0.15, 0.2) is 0 Å². The number of nitrogens with one attached hydrogen (secondary N) is 2. The first-order chi connectivity index (χ1) is 9.53. The lowest BCUT2D eigenvalue weighted by Crippen LogP contribution is -2.27. The molecule has 0 aliphatic heterocycles. The van der Waals surface area contributed by atoms with E-state index in [9.17, 15) is 8.42 Å². The fraction of sp³-hybridized carbons (Fsp3) is 0.417. The molecule has 1 unspecified atom stereocenters. The van der Waals surface area contributed by atoms with Crippen LogP contribution >= 0.6 is 22.7 Å². The molecule has 8 heteroatoms. The highest BCUT2D eigenvalue weighted by molar-refractivity contribution is 7.91. The summed E-state index contributed by atoms with van der Waals surface area (Å²) in [4.78, 5) is 4.20. The van der Waals surface area contributed by atoms with Crippen LogP contribution in [0.2, 0.25) is 0 Å². The number of sulfonamides is 1. The molecule has 2 aromatic rings. The molecule has 2 N–H and O–H groups in total. The monoisotopic (exact) mass is 331 g/mol. The van der Waals surface area contributed by atoms with Crippen molar-refractivity contribution in [1.29, 1.82) is 0 Å². The van der Waals surface area contributed by atoms with Crippen LogP contribution in [0.25, 0.3) is 0 Å². The van der Waals surface area contributed by atoms with E-state index in [2.05, 4.69) is 15.0 Å². The van der Waals surface area contributed by atoms with Gasteiger partial charge >= 0.3 is 0 Å². The van der Waals surface area contributed by atoms with E-state index in [1.165, 1.54) is 22.7 Å². The molecule has 20 heavy (non-hydrogen) atoms. The Balaban J connectivity index is 1.99. The number of aromatic nitrogens is 1. The average molecular weight is 331 g/mol. The van der Waals surface area contributed by atoms with Crippen molar-refractivity contribution in [2.24, 2.45) is 0 Å². The maximum atomic E-state index is 12.2. The number of hydrogen-bond donors (Lipinski definition) is 2. The largest absolute Gasteiger partial charge is 0.316 e. The van der Waals surface area contributed by atoms with Gasteiger partial charge in [-0.1, -0.05) is 6.92 Å². The Morgan fingerprint density at radius 2 is 2.20 bits per heavy atom. The summed E-state index contributed by atoms with van der Waals surface area (Å²) in [6.07, 6.45) is 1.73. The van der Waals surface area contributed by atoms with E-state index in [0.717, 1.165) is 10.6 Å². The summed E-state index contributed by atoms with van der Waals surface area (Å²) < 4.78 is 27.4. The Kier molecular flexibility index (Phi) is 5.28. The number of thiazole rings is 1. The first kappa shape index (κ1) is 15.6. The molecule has 0 bridgehead atoms. The van der Waals surface area contributed by atoms with E-state index in [1.54, 1.807) is 12.3 Å². The standard InChI is InChI=1S/C12H17N3O2S3/c1-9(12-14-3-4-18-12)6-15-20(16,17)11-5-10(7-13-2)8-19-11/h3-5,8-9,13,15H,6-7H2,1-2H3. The molecule has 110 valence electrons. The van der Waals surface area contributed by atoms with E-state index in [0.29, 0.717) is 17.3 Å². The van der Waals surface area contributed by atoms with Gasteiger partial charge in [0.25, 0.3) is 0 Å². The highest BCUT2D eigenvalue weighted by Crippen LogP contribution is 2.21. The third-order valence-electron chi connectivity index (χ3n) is 2.73. The van der Waals surface area contributed by atoms with Gasteiger partial charge < -0.3 is 5.32 Å². The minimum atomic E-state index is -3.43. The van der Waals surface area contributed by atoms with E-state index >= 15 is 0 Å². The van der Waals surface area contributed by atoms with Crippen LogP contribution in [0.5, 0.6) is 0 Å². The Hall–Kier alpha value is -0.800. The van der Waals surface area contributed by atoms with Gasteiger partial charge in [0.2, 0.25) is 10.0 Å². The first-order valence-electron chi connectivity index (χ1n) is 6.14. The predicted molar refractivity (Wildman–Crippen MR) is 82.8 cm³/mol. The van der Waals surface area contributed by atoms with Crippen LogP contribution < -0.4 is 10.0 Å².